The Morgan fingerprint density at radius 2 is 1.83 bits per heavy atom. The average Bonchev–Trinajstić information content (AvgIpc) is 3.24. The standard InChI is InChI=1S/C20H22O3/c1-13(21)20(14(2)22)18-6-4-5-16(19(18)20)10-7-15-8-11-17(23-3)12-9-15/h4-5,7-12,16,18-19H,6H2,1-3H3/b10-7+/t16-,18-,19+/m1/s1. The van der Waals surface area contributed by atoms with E-state index in [9.17, 15) is 9.59 Å². The van der Waals surface area contributed by atoms with Crippen LogP contribution in [0.3, 0.4) is 0 Å². The van der Waals surface area contributed by atoms with Gasteiger partial charge in [-0.15, -0.1) is 0 Å². The number of carbonyl (C=O) groups is 2. The Balaban J connectivity index is 1.81. The van der Waals surface area contributed by atoms with Crippen molar-refractivity contribution in [3.63, 3.8) is 0 Å². The molecule has 1 saturated carbocycles. The molecule has 1 fully saturated rings. The first kappa shape index (κ1) is 15.7. The zero-order valence-corrected chi connectivity index (χ0v) is 13.8. The van der Waals surface area contributed by atoms with Crippen LogP contribution in [0.1, 0.15) is 25.8 Å². The smallest absolute Gasteiger partial charge is 0.143 e. The number of methoxy groups -OCH3 is 1. The van der Waals surface area contributed by atoms with Crippen molar-refractivity contribution in [1.82, 2.24) is 0 Å². The molecule has 2 aliphatic carbocycles. The molecule has 1 aromatic carbocycles. The van der Waals surface area contributed by atoms with Crippen molar-refractivity contribution in [2.75, 3.05) is 7.11 Å². The summed E-state index contributed by atoms with van der Waals surface area (Å²) in [6.45, 7) is 3.12. The van der Waals surface area contributed by atoms with Crippen molar-refractivity contribution in [3.05, 3.63) is 48.1 Å². The second kappa shape index (κ2) is 5.80. The molecule has 1 aromatic rings. The van der Waals surface area contributed by atoms with E-state index in [2.05, 4.69) is 24.3 Å². The minimum atomic E-state index is -0.752. The minimum Gasteiger partial charge on any atom is -0.497 e. The number of allylic oxidation sites excluding steroid dienone is 3. The van der Waals surface area contributed by atoms with Gasteiger partial charge in [0.25, 0.3) is 0 Å². The molecule has 0 heterocycles. The summed E-state index contributed by atoms with van der Waals surface area (Å²) in [5.74, 6) is 1.31. The van der Waals surface area contributed by atoms with Crippen LogP contribution < -0.4 is 4.74 Å². The fraction of sp³-hybridized carbons (Fsp3) is 0.400. The van der Waals surface area contributed by atoms with Gasteiger partial charge in [-0.05, 0) is 55.7 Å². The zero-order chi connectivity index (χ0) is 16.6. The molecule has 0 amide bonds. The third-order valence-corrected chi connectivity index (χ3v) is 5.39. The van der Waals surface area contributed by atoms with Crippen LogP contribution in [0, 0.1) is 23.2 Å². The molecule has 0 aromatic heterocycles. The molecule has 0 N–H and O–H groups in total. The summed E-state index contributed by atoms with van der Waals surface area (Å²) in [6.07, 6.45) is 9.24. The molecule has 0 bridgehead atoms. The van der Waals surface area contributed by atoms with E-state index in [-0.39, 0.29) is 29.3 Å². The summed E-state index contributed by atoms with van der Waals surface area (Å²) in [5.41, 5.74) is 0.330. The van der Waals surface area contributed by atoms with Gasteiger partial charge in [0.05, 0.1) is 12.5 Å². The summed E-state index contributed by atoms with van der Waals surface area (Å²) in [5, 5.41) is 0. The van der Waals surface area contributed by atoms with Gasteiger partial charge in [0.2, 0.25) is 0 Å². The second-order valence-electron chi connectivity index (χ2n) is 6.49. The summed E-state index contributed by atoms with van der Waals surface area (Å²) in [4.78, 5) is 24.3. The Labute approximate surface area is 137 Å². The van der Waals surface area contributed by atoms with Crippen LogP contribution in [0.2, 0.25) is 0 Å². The van der Waals surface area contributed by atoms with Gasteiger partial charge in [0.15, 0.2) is 0 Å². The molecule has 120 valence electrons. The quantitative estimate of drug-likeness (QED) is 0.615. The number of benzene rings is 1. The predicted octanol–water partition coefficient (Wildman–Crippen LogP) is 3.69. The largest absolute Gasteiger partial charge is 0.497 e. The number of carbonyl (C=O) groups excluding carboxylic acids is 2. The van der Waals surface area contributed by atoms with Crippen LogP contribution in [0.4, 0.5) is 0 Å². The third-order valence-electron chi connectivity index (χ3n) is 5.39. The van der Waals surface area contributed by atoms with Crippen LogP contribution >= 0.6 is 0 Å². The van der Waals surface area contributed by atoms with Gasteiger partial charge in [0, 0.05) is 0 Å². The van der Waals surface area contributed by atoms with Crippen molar-refractivity contribution in [2.45, 2.75) is 20.3 Å². The lowest BCUT2D eigenvalue weighted by Crippen LogP contribution is -2.26. The van der Waals surface area contributed by atoms with Crippen molar-refractivity contribution in [3.8, 4) is 5.75 Å². The van der Waals surface area contributed by atoms with E-state index in [1.165, 1.54) is 0 Å². The van der Waals surface area contributed by atoms with E-state index in [1.807, 2.05) is 24.3 Å². The Morgan fingerprint density at radius 1 is 1.17 bits per heavy atom. The molecule has 0 aliphatic heterocycles. The highest BCUT2D eigenvalue weighted by Crippen LogP contribution is 2.67. The maximum atomic E-state index is 12.1. The van der Waals surface area contributed by atoms with E-state index < -0.39 is 5.41 Å². The lowest BCUT2D eigenvalue weighted by Gasteiger charge is -2.13. The van der Waals surface area contributed by atoms with Crippen LogP contribution in [0.25, 0.3) is 6.08 Å². The molecular formula is C20H22O3. The normalized spacial score (nSPS) is 27.5. The number of rotatable bonds is 5. The Hall–Kier alpha value is -2.16. The van der Waals surface area contributed by atoms with Gasteiger partial charge >= 0.3 is 0 Å². The number of ether oxygens (including phenoxy) is 1. The highest BCUT2D eigenvalue weighted by Gasteiger charge is 2.72. The maximum Gasteiger partial charge on any atom is 0.143 e. The van der Waals surface area contributed by atoms with E-state index in [4.69, 9.17) is 4.74 Å². The van der Waals surface area contributed by atoms with Gasteiger partial charge in [-0.25, -0.2) is 0 Å². The van der Waals surface area contributed by atoms with E-state index in [0.29, 0.717) is 0 Å². The highest BCUT2D eigenvalue weighted by molar-refractivity contribution is 6.09. The Morgan fingerprint density at radius 3 is 2.39 bits per heavy atom. The lowest BCUT2D eigenvalue weighted by atomic mass is 9.88. The van der Waals surface area contributed by atoms with Gasteiger partial charge in [0.1, 0.15) is 17.3 Å². The van der Waals surface area contributed by atoms with Crippen LogP contribution in [0.5, 0.6) is 5.75 Å². The maximum absolute atomic E-state index is 12.1. The van der Waals surface area contributed by atoms with Crippen LogP contribution in [-0.2, 0) is 9.59 Å². The molecule has 0 unspecified atom stereocenters. The summed E-state index contributed by atoms with van der Waals surface area (Å²) < 4.78 is 5.16. The van der Waals surface area contributed by atoms with E-state index in [0.717, 1.165) is 17.7 Å². The first-order valence-corrected chi connectivity index (χ1v) is 8.02. The second-order valence-corrected chi connectivity index (χ2v) is 6.49. The molecule has 0 spiro atoms. The van der Waals surface area contributed by atoms with Crippen molar-refractivity contribution in [1.29, 1.82) is 0 Å². The lowest BCUT2D eigenvalue weighted by molar-refractivity contribution is -0.133. The molecule has 0 saturated heterocycles. The number of Topliss-reactive ketones (excluding diaryl/α,β-unsaturated/α-hetero) is 2. The first-order valence-electron chi connectivity index (χ1n) is 8.02. The molecule has 23 heavy (non-hydrogen) atoms. The highest BCUT2D eigenvalue weighted by atomic mass is 16.5. The number of hydrogen-bond acceptors (Lipinski definition) is 3. The zero-order valence-electron chi connectivity index (χ0n) is 13.8. The SMILES string of the molecule is COc1ccc(/C=C/[C@H]2C=CC[C@@H]3[C@H]2C3(C(C)=O)C(C)=O)cc1. The van der Waals surface area contributed by atoms with Crippen molar-refractivity contribution in [2.24, 2.45) is 23.2 Å². The first-order chi connectivity index (χ1) is 11.0. The Kier molecular flexibility index (Phi) is 3.97. The fourth-order valence-corrected chi connectivity index (χ4v) is 4.26. The number of hydrogen-bond donors (Lipinski definition) is 0. The van der Waals surface area contributed by atoms with Gasteiger partial charge in [-0.3, -0.25) is 9.59 Å². The predicted molar refractivity (Wildman–Crippen MR) is 90.1 cm³/mol. The molecule has 3 heteroatoms. The van der Waals surface area contributed by atoms with E-state index >= 15 is 0 Å². The van der Waals surface area contributed by atoms with Gasteiger partial charge in [-0.2, -0.15) is 0 Å². The molecule has 3 nitrogen and oxygen atoms in total. The number of ketones is 2. The average molecular weight is 310 g/mol. The van der Waals surface area contributed by atoms with Gasteiger partial charge in [-0.1, -0.05) is 36.4 Å². The monoisotopic (exact) mass is 310 g/mol. The van der Waals surface area contributed by atoms with E-state index in [1.54, 1.807) is 21.0 Å². The fourth-order valence-electron chi connectivity index (χ4n) is 4.26. The van der Waals surface area contributed by atoms with Crippen molar-refractivity contribution < 1.29 is 14.3 Å². The third kappa shape index (κ3) is 2.44. The summed E-state index contributed by atoms with van der Waals surface area (Å²) in [7, 11) is 1.65. The molecule has 2 aliphatic rings. The van der Waals surface area contributed by atoms with Crippen LogP contribution in [-0.4, -0.2) is 18.7 Å². The summed E-state index contributed by atoms with van der Waals surface area (Å²) in [6, 6.07) is 7.84. The summed E-state index contributed by atoms with van der Waals surface area (Å²) >= 11 is 0. The molecule has 3 rings (SSSR count). The van der Waals surface area contributed by atoms with Crippen LogP contribution in [0.15, 0.2) is 42.5 Å². The van der Waals surface area contributed by atoms with Gasteiger partial charge < -0.3 is 4.74 Å². The molecule has 3 atom stereocenters. The number of fused-ring (bicyclic) bond motifs is 1. The Bertz CT molecular complexity index is 667. The molecular weight excluding hydrogens is 288 g/mol. The molecule has 0 radical (unpaired) electrons. The topological polar surface area (TPSA) is 43.4 Å². The van der Waals surface area contributed by atoms with Crippen molar-refractivity contribution >= 4 is 17.6 Å². The minimum absolute atomic E-state index is 0.0200.